The van der Waals surface area contributed by atoms with Gasteiger partial charge in [-0.1, -0.05) is 118 Å². The number of methoxy groups -OCH3 is 1. The standard InChI is InChI=1S/C25H52O9.C13H24O3.C13H20/c1-5-25(2,3)7-6-8-27-11-12-29-15-16-31-19-20-33-23-24-34-22-21-32-18-17-30-14-13-28-10-9-26-4;1-6-13(4,5)8-7-11(14)9-16-12(15)10(2)3;1-4-13(2,3)11-10-12-8-6-5-7-9-12/h5-24H2,1-4H3;11,14H,2,6-9H2,1,3-5H3;5-9H,4,10-11H2,1-3H3. The molecule has 1 unspecified atom stereocenters. The molecule has 0 fully saturated rings. The van der Waals surface area contributed by atoms with Crippen LogP contribution in [0.4, 0.5) is 0 Å². The number of benzene rings is 1. The highest BCUT2D eigenvalue weighted by Gasteiger charge is 2.18. The normalized spacial score (nSPS) is 12.3. The lowest BCUT2D eigenvalue weighted by atomic mass is 9.84. The molecule has 12 nitrogen and oxygen atoms in total. The van der Waals surface area contributed by atoms with Crippen molar-refractivity contribution in [2.24, 2.45) is 16.2 Å². The number of hydrogen-bond donors (Lipinski definition) is 1. The Hall–Kier alpha value is -1.97. The topological polar surface area (TPSA) is 130 Å². The van der Waals surface area contributed by atoms with Gasteiger partial charge in [0, 0.05) is 19.3 Å². The van der Waals surface area contributed by atoms with Crippen molar-refractivity contribution in [1.82, 2.24) is 0 Å². The van der Waals surface area contributed by atoms with Gasteiger partial charge in [0.2, 0.25) is 0 Å². The second-order valence-electron chi connectivity index (χ2n) is 18.1. The molecule has 0 saturated carbocycles. The summed E-state index contributed by atoms with van der Waals surface area (Å²) in [6, 6.07) is 10.7. The van der Waals surface area contributed by atoms with Crippen LogP contribution in [0.2, 0.25) is 0 Å². The first-order valence-corrected chi connectivity index (χ1v) is 23.7. The molecule has 0 aliphatic rings. The van der Waals surface area contributed by atoms with Gasteiger partial charge in [-0.3, -0.25) is 0 Å². The van der Waals surface area contributed by atoms with E-state index in [4.69, 9.17) is 47.4 Å². The maximum absolute atomic E-state index is 11.1. The summed E-state index contributed by atoms with van der Waals surface area (Å²) in [6.07, 6.45) is 9.35. The lowest BCUT2D eigenvalue weighted by molar-refractivity contribution is -0.142. The number of aliphatic hydroxyl groups excluding tert-OH is 1. The van der Waals surface area contributed by atoms with Crippen LogP contribution in [0.25, 0.3) is 0 Å². The molecule has 0 radical (unpaired) electrons. The predicted molar refractivity (Wildman–Crippen MR) is 256 cm³/mol. The van der Waals surface area contributed by atoms with Crippen LogP contribution in [0.3, 0.4) is 0 Å². The van der Waals surface area contributed by atoms with Crippen LogP contribution in [0.15, 0.2) is 42.5 Å². The van der Waals surface area contributed by atoms with Gasteiger partial charge >= 0.3 is 5.97 Å². The average molecular weight is 901 g/mol. The maximum Gasteiger partial charge on any atom is 0.333 e. The van der Waals surface area contributed by atoms with Crippen molar-refractivity contribution in [3.63, 3.8) is 0 Å². The van der Waals surface area contributed by atoms with Crippen LogP contribution in [0.1, 0.15) is 126 Å². The molecule has 0 heterocycles. The third kappa shape index (κ3) is 46.4. The summed E-state index contributed by atoms with van der Waals surface area (Å²) in [5, 5.41) is 9.63. The summed E-state index contributed by atoms with van der Waals surface area (Å²) in [5.74, 6) is -0.436. The fourth-order valence-electron chi connectivity index (χ4n) is 5.03. The third-order valence-electron chi connectivity index (χ3n) is 10.9. The first kappa shape index (κ1) is 63.1. The molecular formula is C51H96O12. The molecule has 1 N–H and O–H groups in total. The molecule has 63 heavy (non-hydrogen) atoms. The van der Waals surface area contributed by atoms with Crippen molar-refractivity contribution in [2.75, 3.05) is 126 Å². The van der Waals surface area contributed by atoms with Crippen molar-refractivity contribution in [3.8, 4) is 0 Å². The van der Waals surface area contributed by atoms with E-state index in [1.54, 1.807) is 14.0 Å². The van der Waals surface area contributed by atoms with E-state index < -0.39 is 12.1 Å². The minimum absolute atomic E-state index is 0.0610. The van der Waals surface area contributed by atoms with E-state index >= 15 is 0 Å². The van der Waals surface area contributed by atoms with Crippen molar-refractivity contribution < 1.29 is 57.3 Å². The molecule has 0 aliphatic heterocycles. The zero-order chi connectivity index (χ0) is 47.5. The molecule has 372 valence electrons. The summed E-state index contributed by atoms with van der Waals surface area (Å²) >= 11 is 0. The van der Waals surface area contributed by atoms with E-state index in [1.807, 2.05) is 0 Å². The fraction of sp³-hybridized carbons (Fsp3) is 0.824. The van der Waals surface area contributed by atoms with Crippen LogP contribution >= 0.6 is 0 Å². The summed E-state index contributed by atoms with van der Waals surface area (Å²) in [7, 11) is 1.65. The number of carbonyl (C=O) groups excluding carboxylic acids is 1. The Bertz CT molecular complexity index is 1140. The number of rotatable bonds is 40. The molecule has 1 atom stereocenters. The number of aryl methyl sites for hydroxylation is 1. The number of hydrogen-bond acceptors (Lipinski definition) is 12. The fourth-order valence-corrected chi connectivity index (χ4v) is 5.03. The SMILES string of the molecule is C=C(C)C(=O)OCC(O)CCC(C)(C)CC.CCC(C)(C)CCCOCCOCCOCCOCCOCCOCCOCCOCCOC.CCC(C)(C)CCc1ccccc1. The molecule has 0 saturated heterocycles. The zero-order valence-electron chi connectivity index (χ0n) is 42.2. The summed E-state index contributed by atoms with van der Waals surface area (Å²) < 4.78 is 53.4. The molecule has 1 aromatic rings. The summed E-state index contributed by atoms with van der Waals surface area (Å²) in [5.41, 5.74) is 2.97. The summed E-state index contributed by atoms with van der Waals surface area (Å²) in [6.45, 7) is 35.2. The van der Waals surface area contributed by atoms with E-state index in [0.29, 0.717) is 129 Å². The number of ether oxygens (including phenoxy) is 10. The molecule has 0 aromatic heterocycles. The van der Waals surface area contributed by atoms with Gasteiger partial charge in [-0.05, 0) is 67.3 Å². The van der Waals surface area contributed by atoms with Gasteiger partial charge in [-0.25, -0.2) is 4.79 Å². The highest BCUT2D eigenvalue weighted by Crippen LogP contribution is 2.28. The summed E-state index contributed by atoms with van der Waals surface area (Å²) in [4.78, 5) is 11.1. The van der Waals surface area contributed by atoms with Crippen molar-refractivity contribution in [1.29, 1.82) is 0 Å². The van der Waals surface area contributed by atoms with Gasteiger partial charge in [0.05, 0.1) is 112 Å². The molecule has 12 heteroatoms. The second-order valence-corrected chi connectivity index (χ2v) is 18.1. The van der Waals surface area contributed by atoms with Crippen LogP contribution in [0.5, 0.6) is 0 Å². The lowest BCUT2D eigenvalue weighted by Gasteiger charge is -2.23. The minimum atomic E-state index is -0.575. The molecule has 1 rings (SSSR count). The van der Waals surface area contributed by atoms with E-state index in [0.717, 1.165) is 25.9 Å². The third-order valence-corrected chi connectivity index (χ3v) is 10.9. The van der Waals surface area contributed by atoms with Crippen molar-refractivity contribution in [2.45, 2.75) is 133 Å². The van der Waals surface area contributed by atoms with E-state index in [9.17, 15) is 9.90 Å². The Kier molecular flexibility index (Phi) is 42.7. The zero-order valence-corrected chi connectivity index (χ0v) is 42.2. The largest absolute Gasteiger partial charge is 0.460 e. The van der Waals surface area contributed by atoms with Crippen LogP contribution < -0.4 is 0 Å². The smallest absolute Gasteiger partial charge is 0.333 e. The van der Waals surface area contributed by atoms with Gasteiger partial charge in [-0.2, -0.15) is 0 Å². The van der Waals surface area contributed by atoms with Crippen LogP contribution in [0, 0.1) is 16.2 Å². The van der Waals surface area contributed by atoms with Crippen LogP contribution in [-0.4, -0.2) is 143 Å². The Morgan fingerprint density at radius 2 is 0.905 bits per heavy atom. The predicted octanol–water partition coefficient (Wildman–Crippen LogP) is 9.72. The van der Waals surface area contributed by atoms with Gasteiger partial charge in [0.1, 0.15) is 6.61 Å². The van der Waals surface area contributed by atoms with Crippen LogP contribution in [-0.2, 0) is 58.6 Å². The van der Waals surface area contributed by atoms with Crippen molar-refractivity contribution >= 4 is 5.97 Å². The highest BCUT2D eigenvalue weighted by atomic mass is 16.6. The van der Waals surface area contributed by atoms with Gasteiger partial charge < -0.3 is 52.5 Å². The van der Waals surface area contributed by atoms with E-state index in [2.05, 4.69) is 99.2 Å². The van der Waals surface area contributed by atoms with Gasteiger partial charge in [-0.15, -0.1) is 0 Å². The first-order valence-electron chi connectivity index (χ1n) is 23.7. The quantitative estimate of drug-likeness (QED) is 0.0383. The van der Waals surface area contributed by atoms with E-state index in [1.165, 1.54) is 37.7 Å². The minimum Gasteiger partial charge on any atom is -0.460 e. The molecular weight excluding hydrogens is 805 g/mol. The Morgan fingerprint density at radius 3 is 1.27 bits per heavy atom. The molecule has 0 spiro atoms. The number of esters is 1. The molecule has 0 bridgehead atoms. The molecule has 0 aliphatic carbocycles. The first-order chi connectivity index (χ1) is 30.0. The molecule has 0 amide bonds. The van der Waals surface area contributed by atoms with Gasteiger partial charge in [0.15, 0.2) is 0 Å². The average Bonchev–Trinajstić information content (AvgIpc) is 3.27. The lowest BCUT2D eigenvalue weighted by Crippen LogP contribution is -2.21. The van der Waals surface area contributed by atoms with E-state index in [-0.39, 0.29) is 12.0 Å². The molecule has 1 aromatic carbocycles. The monoisotopic (exact) mass is 901 g/mol. The Morgan fingerprint density at radius 1 is 0.556 bits per heavy atom. The maximum atomic E-state index is 11.1. The Labute approximate surface area is 385 Å². The Balaban J connectivity index is 0. The van der Waals surface area contributed by atoms with Crippen molar-refractivity contribution in [3.05, 3.63) is 48.0 Å². The number of aliphatic hydroxyl groups is 1. The number of carbonyl (C=O) groups is 1. The van der Waals surface area contributed by atoms with Gasteiger partial charge in [0.25, 0.3) is 0 Å². The second kappa shape index (κ2) is 42.7. The highest BCUT2D eigenvalue weighted by molar-refractivity contribution is 5.86.